The SMILES string of the molecule is FC(F)(F)c1cccc(/C=C(\CBr)c2nc3cc(Cl)ccc3o2)c1. The van der Waals surface area contributed by atoms with Crippen molar-refractivity contribution in [1.29, 1.82) is 0 Å². The van der Waals surface area contributed by atoms with Crippen LogP contribution in [0.3, 0.4) is 0 Å². The second-order valence-electron chi connectivity index (χ2n) is 5.06. The molecule has 124 valence electrons. The fraction of sp³-hybridized carbons (Fsp3) is 0.118. The van der Waals surface area contributed by atoms with Gasteiger partial charge in [-0.2, -0.15) is 13.2 Å². The van der Waals surface area contributed by atoms with Crippen LogP contribution in [-0.4, -0.2) is 10.3 Å². The number of nitrogens with zero attached hydrogens (tertiary/aromatic N) is 1. The third kappa shape index (κ3) is 3.65. The van der Waals surface area contributed by atoms with E-state index in [2.05, 4.69) is 20.9 Å². The van der Waals surface area contributed by atoms with Gasteiger partial charge in [-0.15, -0.1) is 0 Å². The van der Waals surface area contributed by atoms with Gasteiger partial charge in [-0.25, -0.2) is 4.98 Å². The molecule has 0 N–H and O–H groups in total. The lowest BCUT2D eigenvalue weighted by Crippen LogP contribution is -2.04. The first-order valence-electron chi connectivity index (χ1n) is 6.87. The highest BCUT2D eigenvalue weighted by molar-refractivity contribution is 9.09. The van der Waals surface area contributed by atoms with Gasteiger partial charge in [0.25, 0.3) is 0 Å². The Kier molecular flexibility index (Phi) is 4.69. The fourth-order valence-corrected chi connectivity index (χ4v) is 2.77. The molecule has 0 radical (unpaired) electrons. The van der Waals surface area contributed by atoms with Crippen molar-refractivity contribution < 1.29 is 17.6 Å². The van der Waals surface area contributed by atoms with Crippen LogP contribution in [0.5, 0.6) is 0 Å². The molecule has 0 fully saturated rings. The third-order valence-electron chi connectivity index (χ3n) is 3.32. The van der Waals surface area contributed by atoms with Crippen molar-refractivity contribution in [3.63, 3.8) is 0 Å². The maximum absolute atomic E-state index is 12.8. The summed E-state index contributed by atoms with van der Waals surface area (Å²) in [6.45, 7) is 0. The molecular formula is C17H10BrClF3NO. The molecule has 24 heavy (non-hydrogen) atoms. The molecule has 2 nitrogen and oxygen atoms in total. The number of aromatic nitrogens is 1. The molecule has 2 aromatic carbocycles. The van der Waals surface area contributed by atoms with Gasteiger partial charge in [0, 0.05) is 15.9 Å². The van der Waals surface area contributed by atoms with E-state index in [0.717, 1.165) is 12.1 Å². The van der Waals surface area contributed by atoms with Crippen LogP contribution in [0, 0.1) is 0 Å². The molecule has 0 saturated carbocycles. The Morgan fingerprint density at radius 1 is 1.21 bits per heavy atom. The van der Waals surface area contributed by atoms with Gasteiger partial charge in [0.15, 0.2) is 5.58 Å². The quantitative estimate of drug-likeness (QED) is 0.460. The normalized spacial score (nSPS) is 12.8. The Morgan fingerprint density at radius 2 is 2.00 bits per heavy atom. The molecule has 0 unspecified atom stereocenters. The van der Waals surface area contributed by atoms with Gasteiger partial charge in [-0.1, -0.05) is 39.7 Å². The number of oxazole rings is 1. The molecule has 0 bridgehead atoms. The summed E-state index contributed by atoms with van der Waals surface area (Å²) in [6, 6.07) is 10.1. The van der Waals surface area contributed by atoms with Gasteiger partial charge < -0.3 is 4.42 Å². The van der Waals surface area contributed by atoms with Crippen LogP contribution in [0.2, 0.25) is 5.02 Å². The Balaban J connectivity index is 2.02. The molecule has 1 aromatic heterocycles. The standard InChI is InChI=1S/C17H10BrClF3NO/c18-9-11(6-10-2-1-3-12(7-10)17(20,21)22)16-23-14-8-13(19)4-5-15(14)24-16/h1-8H,9H2/b11-6+. The van der Waals surface area contributed by atoms with Crippen molar-refractivity contribution >= 4 is 50.3 Å². The zero-order valence-corrected chi connectivity index (χ0v) is 14.4. The average Bonchev–Trinajstić information content (AvgIpc) is 2.95. The molecule has 0 aliphatic rings. The van der Waals surface area contributed by atoms with Gasteiger partial charge in [-0.3, -0.25) is 0 Å². The highest BCUT2D eigenvalue weighted by Crippen LogP contribution is 2.31. The van der Waals surface area contributed by atoms with E-state index in [1.807, 2.05) is 0 Å². The molecular weight excluding hydrogens is 407 g/mol. The van der Waals surface area contributed by atoms with Gasteiger partial charge in [0.05, 0.1) is 5.56 Å². The van der Waals surface area contributed by atoms with E-state index >= 15 is 0 Å². The van der Waals surface area contributed by atoms with Crippen LogP contribution >= 0.6 is 27.5 Å². The summed E-state index contributed by atoms with van der Waals surface area (Å²) in [5.74, 6) is 0.335. The third-order valence-corrected chi connectivity index (χ3v) is 4.16. The van der Waals surface area contributed by atoms with Gasteiger partial charge in [0.1, 0.15) is 5.52 Å². The molecule has 0 amide bonds. The van der Waals surface area contributed by atoms with E-state index in [1.54, 1.807) is 30.3 Å². The lowest BCUT2D eigenvalue weighted by molar-refractivity contribution is -0.137. The van der Waals surface area contributed by atoms with Crippen molar-refractivity contribution in [1.82, 2.24) is 4.98 Å². The Morgan fingerprint density at radius 3 is 2.71 bits per heavy atom. The summed E-state index contributed by atoms with van der Waals surface area (Å²) in [7, 11) is 0. The number of alkyl halides is 4. The summed E-state index contributed by atoms with van der Waals surface area (Å²) in [4.78, 5) is 4.34. The zero-order valence-electron chi connectivity index (χ0n) is 12.1. The highest BCUT2D eigenvalue weighted by Gasteiger charge is 2.30. The minimum atomic E-state index is -4.38. The second kappa shape index (κ2) is 6.61. The van der Waals surface area contributed by atoms with E-state index in [9.17, 15) is 13.2 Å². The Hall–Kier alpha value is -1.79. The van der Waals surface area contributed by atoms with E-state index in [4.69, 9.17) is 16.0 Å². The van der Waals surface area contributed by atoms with Gasteiger partial charge in [-0.05, 0) is 42.0 Å². The van der Waals surface area contributed by atoms with Crippen molar-refractivity contribution in [2.45, 2.75) is 6.18 Å². The summed E-state index contributed by atoms with van der Waals surface area (Å²) >= 11 is 9.24. The first-order valence-corrected chi connectivity index (χ1v) is 8.37. The lowest BCUT2D eigenvalue weighted by atomic mass is 10.1. The summed E-state index contributed by atoms with van der Waals surface area (Å²) in [5, 5.41) is 0.911. The molecule has 0 atom stereocenters. The minimum Gasteiger partial charge on any atom is -0.436 e. The zero-order chi connectivity index (χ0) is 17.3. The van der Waals surface area contributed by atoms with Crippen LogP contribution in [0.1, 0.15) is 17.0 Å². The smallest absolute Gasteiger partial charge is 0.416 e. The van der Waals surface area contributed by atoms with Crippen molar-refractivity contribution in [2.24, 2.45) is 0 Å². The molecule has 0 saturated heterocycles. The lowest BCUT2D eigenvalue weighted by Gasteiger charge is -2.07. The molecule has 1 heterocycles. The van der Waals surface area contributed by atoms with E-state index in [-0.39, 0.29) is 0 Å². The van der Waals surface area contributed by atoms with Gasteiger partial charge in [0.2, 0.25) is 5.89 Å². The maximum atomic E-state index is 12.8. The number of rotatable bonds is 3. The molecule has 0 aliphatic carbocycles. The van der Waals surface area contributed by atoms with Crippen LogP contribution in [0.15, 0.2) is 46.9 Å². The van der Waals surface area contributed by atoms with E-state index < -0.39 is 11.7 Å². The second-order valence-corrected chi connectivity index (χ2v) is 6.05. The molecule has 0 spiro atoms. The van der Waals surface area contributed by atoms with Crippen LogP contribution in [0.25, 0.3) is 22.7 Å². The van der Waals surface area contributed by atoms with Crippen molar-refractivity contribution in [2.75, 3.05) is 5.33 Å². The monoisotopic (exact) mass is 415 g/mol. The maximum Gasteiger partial charge on any atom is 0.416 e. The highest BCUT2D eigenvalue weighted by atomic mass is 79.9. The van der Waals surface area contributed by atoms with Crippen LogP contribution in [-0.2, 0) is 6.18 Å². The first-order chi connectivity index (χ1) is 11.4. The molecule has 7 heteroatoms. The van der Waals surface area contributed by atoms with Crippen molar-refractivity contribution in [3.05, 3.63) is 64.5 Å². The summed E-state index contributed by atoms with van der Waals surface area (Å²) < 4.78 is 44.1. The Labute approximate surface area is 149 Å². The van der Waals surface area contributed by atoms with Crippen LogP contribution in [0.4, 0.5) is 13.2 Å². The molecule has 3 rings (SSSR count). The van der Waals surface area contributed by atoms with E-state index in [1.165, 1.54) is 6.07 Å². The number of allylic oxidation sites excluding steroid dienone is 1. The number of halogens is 5. The Bertz CT molecular complexity index is 918. The van der Waals surface area contributed by atoms with Crippen molar-refractivity contribution in [3.8, 4) is 0 Å². The molecule has 3 aromatic rings. The number of hydrogen-bond acceptors (Lipinski definition) is 2. The first kappa shape index (κ1) is 17.0. The fourth-order valence-electron chi connectivity index (χ4n) is 2.20. The number of benzene rings is 2. The molecule has 0 aliphatic heterocycles. The number of fused-ring (bicyclic) bond motifs is 1. The topological polar surface area (TPSA) is 26.0 Å². The van der Waals surface area contributed by atoms with Gasteiger partial charge >= 0.3 is 6.18 Å². The predicted molar refractivity (Wildman–Crippen MR) is 92.1 cm³/mol. The minimum absolute atomic E-state index is 0.335. The largest absolute Gasteiger partial charge is 0.436 e. The summed E-state index contributed by atoms with van der Waals surface area (Å²) in [6.07, 6.45) is -2.77. The predicted octanol–water partition coefficient (Wildman–Crippen LogP) is 6.44. The average molecular weight is 417 g/mol. The number of hydrogen-bond donors (Lipinski definition) is 0. The van der Waals surface area contributed by atoms with Crippen LogP contribution < -0.4 is 0 Å². The van der Waals surface area contributed by atoms with E-state index in [0.29, 0.717) is 38.5 Å². The summed E-state index contributed by atoms with van der Waals surface area (Å²) in [5.41, 5.74) is 1.49.